The van der Waals surface area contributed by atoms with E-state index in [4.69, 9.17) is 20.8 Å². The van der Waals surface area contributed by atoms with Gasteiger partial charge in [0.1, 0.15) is 5.58 Å². The van der Waals surface area contributed by atoms with Crippen LogP contribution in [0.25, 0.3) is 11.0 Å². The third-order valence-electron chi connectivity index (χ3n) is 3.93. The summed E-state index contributed by atoms with van der Waals surface area (Å²) < 4.78 is 11.1. The number of furan rings is 1. The summed E-state index contributed by atoms with van der Waals surface area (Å²) in [5.41, 5.74) is 0.418. The van der Waals surface area contributed by atoms with Crippen molar-refractivity contribution in [2.45, 2.75) is 31.3 Å². The normalized spacial score (nSPS) is 17.4. The van der Waals surface area contributed by atoms with E-state index in [-0.39, 0.29) is 11.4 Å². The number of ketones is 1. The number of hydrogen-bond acceptors (Lipinski definition) is 3. The summed E-state index contributed by atoms with van der Waals surface area (Å²) in [7, 11) is 1.67. The van der Waals surface area contributed by atoms with E-state index in [9.17, 15) is 4.79 Å². The van der Waals surface area contributed by atoms with Crippen LogP contribution in [0.3, 0.4) is 0 Å². The van der Waals surface area contributed by atoms with E-state index in [2.05, 4.69) is 0 Å². The maximum atomic E-state index is 12.3. The zero-order valence-electron chi connectivity index (χ0n) is 10.7. The first-order valence-electron chi connectivity index (χ1n) is 6.39. The molecule has 0 N–H and O–H groups in total. The number of carbonyl (C=O) groups is 1. The van der Waals surface area contributed by atoms with Crippen LogP contribution in [0.2, 0.25) is 5.02 Å². The van der Waals surface area contributed by atoms with Crippen molar-refractivity contribution in [3.8, 4) is 0 Å². The molecule has 2 aromatic rings. The Hall–Kier alpha value is -1.32. The lowest BCUT2D eigenvalue weighted by atomic mass is 9.76. The quantitative estimate of drug-likeness (QED) is 0.786. The molecule has 1 aromatic heterocycles. The Labute approximate surface area is 116 Å². The van der Waals surface area contributed by atoms with Crippen LogP contribution in [-0.4, -0.2) is 18.5 Å². The van der Waals surface area contributed by atoms with Gasteiger partial charge in [-0.2, -0.15) is 0 Å². The van der Waals surface area contributed by atoms with Gasteiger partial charge < -0.3 is 9.15 Å². The van der Waals surface area contributed by atoms with Gasteiger partial charge in [0, 0.05) is 23.9 Å². The van der Waals surface area contributed by atoms with Crippen LogP contribution < -0.4 is 0 Å². The number of benzene rings is 1. The van der Waals surface area contributed by atoms with Crippen molar-refractivity contribution in [2.75, 3.05) is 7.11 Å². The molecule has 1 fully saturated rings. The second-order valence-electron chi connectivity index (χ2n) is 5.13. The van der Waals surface area contributed by atoms with Gasteiger partial charge >= 0.3 is 0 Å². The Balaban J connectivity index is 1.85. The molecule has 0 atom stereocenters. The van der Waals surface area contributed by atoms with Crippen LogP contribution in [0.4, 0.5) is 0 Å². The van der Waals surface area contributed by atoms with Crippen molar-refractivity contribution in [3.05, 3.63) is 35.0 Å². The van der Waals surface area contributed by atoms with Crippen molar-refractivity contribution < 1.29 is 13.9 Å². The molecule has 0 amide bonds. The monoisotopic (exact) mass is 278 g/mol. The van der Waals surface area contributed by atoms with E-state index in [1.165, 1.54) is 0 Å². The van der Waals surface area contributed by atoms with Gasteiger partial charge in [-0.25, -0.2) is 0 Å². The Kier molecular flexibility index (Phi) is 3.11. The van der Waals surface area contributed by atoms with Crippen molar-refractivity contribution >= 4 is 28.4 Å². The molecule has 3 nitrogen and oxygen atoms in total. The summed E-state index contributed by atoms with van der Waals surface area (Å²) in [6.45, 7) is 0. The second kappa shape index (κ2) is 4.66. The van der Waals surface area contributed by atoms with Crippen molar-refractivity contribution in [2.24, 2.45) is 0 Å². The molecule has 1 aliphatic carbocycles. The maximum Gasteiger partial charge on any atom is 0.200 e. The third kappa shape index (κ3) is 2.28. The molecule has 0 saturated heterocycles. The Morgan fingerprint density at radius 2 is 2.21 bits per heavy atom. The number of Topliss-reactive ketones (excluding diaryl/α,β-unsaturated/α-hetero) is 1. The molecule has 19 heavy (non-hydrogen) atoms. The maximum absolute atomic E-state index is 12.3. The summed E-state index contributed by atoms with van der Waals surface area (Å²) in [4.78, 5) is 12.3. The highest BCUT2D eigenvalue weighted by Crippen LogP contribution is 2.39. The Morgan fingerprint density at radius 3 is 2.84 bits per heavy atom. The van der Waals surface area contributed by atoms with Crippen molar-refractivity contribution in [1.29, 1.82) is 0 Å². The summed E-state index contributed by atoms with van der Waals surface area (Å²) >= 11 is 5.92. The number of methoxy groups -OCH3 is 1. The minimum Gasteiger partial charge on any atom is -0.453 e. The summed E-state index contributed by atoms with van der Waals surface area (Å²) in [6, 6.07) is 7.09. The molecule has 1 heterocycles. The minimum absolute atomic E-state index is 0.00567. The minimum atomic E-state index is -0.270. The highest BCUT2D eigenvalue weighted by molar-refractivity contribution is 6.31. The molecular formula is C15H15ClO3. The van der Waals surface area contributed by atoms with Gasteiger partial charge in [-0.15, -0.1) is 0 Å². The topological polar surface area (TPSA) is 39.4 Å². The van der Waals surface area contributed by atoms with Gasteiger partial charge in [0.2, 0.25) is 5.78 Å². The van der Waals surface area contributed by atoms with E-state index in [0.29, 0.717) is 22.8 Å². The fourth-order valence-corrected chi connectivity index (χ4v) is 2.74. The molecule has 100 valence electrons. The van der Waals surface area contributed by atoms with Gasteiger partial charge in [-0.1, -0.05) is 11.6 Å². The fourth-order valence-electron chi connectivity index (χ4n) is 2.56. The molecular weight excluding hydrogens is 264 g/mol. The first-order valence-corrected chi connectivity index (χ1v) is 6.77. The van der Waals surface area contributed by atoms with E-state index < -0.39 is 0 Å². The highest BCUT2D eigenvalue weighted by atomic mass is 35.5. The smallest absolute Gasteiger partial charge is 0.200 e. The first kappa shape index (κ1) is 12.7. The fraction of sp³-hybridized carbons (Fsp3) is 0.400. The van der Waals surface area contributed by atoms with Crippen LogP contribution in [0.5, 0.6) is 0 Å². The summed E-state index contributed by atoms with van der Waals surface area (Å²) in [5.74, 6) is 0.384. The van der Waals surface area contributed by atoms with Gasteiger partial charge in [-0.3, -0.25) is 4.79 Å². The van der Waals surface area contributed by atoms with Gasteiger partial charge in [-0.05, 0) is 43.5 Å². The largest absolute Gasteiger partial charge is 0.453 e. The number of ether oxygens (including phenoxy) is 1. The molecule has 1 aromatic carbocycles. The zero-order valence-corrected chi connectivity index (χ0v) is 11.5. The SMILES string of the molecule is COC1(CC(=O)c2cc3cc(Cl)ccc3o2)CCC1. The van der Waals surface area contributed by atoms with Crippen LogP contribution in [0.1, 0.15) is 36.2 Å². The Bertz CT molecular complexity index is 620. The molecule has 3 rings (SSSR count). The summed E-state index contributed by atoms with van der Waals surface area (Å²) in [5, 5.41) is 1.50. The average Bonchev–Trinajstić information content (AvgIpc) is 2.76. The predicted molar refractivity (Wildman–Crippen MR) is 73.8 cm³/mol. The number of rotatable bonds is 4. The lowest BCUT2D eigenvalue weighted by Gasteiger charge is -2.39. The predicted octanol–water partition coefficient (Wildman–Crippen LogP) is 4.23. The van der Waals surface area contributed by atoms with Gasteiger partial charge in [0.15, 0.2) is 5.76 Å². The van der Waals surface area contributed by atoms with Crippen LogP contribution in [-0.2, 0) is 4.74 Å². The average molecular weight is 279 g/mol. The van der Waals surface area contributed by atoms with Crippen LogP contribution in [0.15, 0.2) is 28.7 Å². The number of carbonyl (C=O) groups excluding carboxylic acids is 1. The number of halogens is 1. The molecule has 0 radical (unpaired) electrons. The molecule has 4 heteroatoms. The molecule has 0 bridgehead atoms. The van der Waals surface area contributed by atoms with Gasteiger partial charge in [0.25, 0.3) is 0 Å². The lowest BCUT2D eigenvalue weighted by molar-refractivity contribution is -0.0707. The van der Waals surface area contributed by atoms with Crippen molar-refractivity contribution in [3.63, 3.8) is 0 Å². The third-order valence-corrected chi connectivity index (χ3v) is 4.17. The number of fused-ring (bicyclic) bond motifs is 1. The van der Waals surface area contributed by atoms with Crippen LogP contribution >= 0.6 is 11.6 Å². The van der Waals surface area contributed by atoms with E-state index in [0.717, 1.165) is 24.6 Å². The number of hydrogen-bond donors (Lipinski definition) is 0. The Morgan fingerprint density at radius 1 is 1.42 bits per heavy atom. The molecule has 1 saturated carbocycles. The zero-order chi connectivity index (χ0) is 13.5. The lowest BCUT2D eigenvalue weighted by Crippen LogP contribution is -2.41. The van der Waals surface area contributed by atoms with E-state index in [1.54, 1.807) is 31.4 Å². The molecule has 1 aliphatic rings. The molecule has 0 unspecified atom stereocenters. The highest BCUT2D eigenvalue weighted by Gasteiger charge is 2.39. The second-order valence-corrected chi connectivity index (χ2v) is 5.57. The molecule has 0 spiro atoms. The first-order chi connectivity index (χ1) is 9.12. The van der Waals surface area contributed by atoms with Crippen LogP contribution in [0, 0.1) is 0 Å². The van der Waals surface area contributed by atoms with Crippen molar-refractivity contribution in [1.82, 2.24) is 0 Å². The standard InChI is InChI=1S/C15H15ClO3/c1-18-15(5-2-6-15)9-12(17)14-8-10-7-11(16)3-4-13(10)19-14/h3-4,7-8H,2,5-6,9H2,1H3. The molecule has 0 aliphatic heterocycles. The van der Waals surface area contributed by atoms with E-state index in [1.807, 2.05) is 0 Å². The summed E-state index contributed by atoms with van der Waals surface area (Å²) in [6.07, 6.45) is 3.40. The van der Waals surface area contributed by atoms with E-state index >= 15 is 0 Å². The van der Waals surface area contributed by atoms with Gasteiger partial charge in [0.05, 0.1) is 5.60 Å².